The summed E-state index contributed by atoms with van der Waals surface area (Å²) in [7, 11) is 0. The first-order valence-electron chi connectivity index (χ1n) is 15.3. The highest BCUT2D eigenvalue weighted by Crippen LogP contribution is 2.29. The van der Waals surface area contributed by atoms with Crippen molar-refractivity contribution in [2.24, 2.45) is 5.92 Å². The van der Waals surface area contributed by atoms with Gasteiger partial charge in [0.05, 0.1) is 18.3 Å². The van der Waals surface area contributed by atoms with Gasteiger partial charge < -0.3 is 14.9 Å². The van der Waals surface area contributed by atoms with Gasteiger partial charge in [0.2, 0.25) is 0 Å². The molecule has 0 bridgehead atoms. The van der Waals surface area contributed by atoms with Crippen LogP contribution in [0.3, 0.4) is 0 Å². The van der Waals surface area contributed by atoms with E-state index in [2.05, 4.69) is 47.4 Å². The molecule has 0 aromatic heterocycles. The summed E-state index contributed by atoms with van der Waals surface area (Å²) >= 11 is 0. The molecule has 2 N–H and O–H groups in total. The van der Waals surface area contributed by atoms with E-state index in [9.17, 15) is 14.7 Å². The number of nitrogens with zero attached hydrogens (tertiary/aromatic N) is 1. The third-order valence-electron chi connectivity index (χ3n) is 8.40. The molecule has 0 unspecified atom stereocenters. The van der Waals surface area contributed by atoms with Crippen molar-refractivity contribution < 1.29 is 24.5 Å². The minimum absolute atomic E-state index is 0.0836. The van der Waals surface area contributed by atoms with E-state index in [1.54, 1.807) is 12.1 Å². The molecule has 0 heterocycles. The van der Waals surface area contributed by atoms with Gasteiger partial charge in [0, 0.05) is 19.5 Å². The molecule has 2 aromatic carbocycles. The molecule has 0 spiro atoms. The van der Waals surface area contributed by atoms with Gasteiger partial charge in [-0.1, -0.05) is 80.3 Å². The first-order valence-corrected chi connectivity index (χ1v) is 15.3. The summed E-state index contributed by atoms with van der Waals surface area (Å²) in [5.41, 5.74) is 5.14. The number of hydrogen-bond donors (Lipinski definition) is 2. The molecule has 2 aromatic rings. The number of aliphatic carboxylic acids is 1. The largest absolute Gasteiger partial charge is 0.481 e. The second-order valence-electron chi connectivity index (χ2n) is 11.6. The SMILES string of the molecule is O=C(O)CCCCN(Cc1ccc(C(=O)O)cc1)C[C@H](OCc1ccc(CCC2CCCC2)cc1)C1=CC=CCC1. The van der Waals surface area contributed by atoms with E-state index in [4.69, 9.17) is 9.84 Å². The quantitative estimate of drug-likeness (QED) is 0.196. The van der Waals surface area contributed by atoms with Crippen molar-refractivity contribution in [3.05, 3.63) is 94.6 Å². The minimum atomic E-state index is -0.935. The molecule has 4 rings (SSSR count). The fourth-order valence-electron chi connectivity index (χ4n) is 5.93. The van der Waals surface area contributed by atoms with Crippen LogP contribution in [-0.2, 0) is 29.1 Å². The van der Waals surface area contributed by atoms with E-state index in [0.717, 1.165) is 43.7 Å². The Labute approximate surface area is 244 Å². The molecular weight excluding hydrogens is 514 g/mol. The fraction of sp³-hybridized carbons (Fsp3) is 0.486. The summed E-state index contributed by atoms with van der Waals surface area (Å²) in [4.78, 5) is 24.7. The van der Waals surface area contributed by atoms with Gasteiger partial charge >= 0.3 is 11.9 Å². The topological polar surface area (TPSA) is 87.1 Å². The molecule has 1 saturated carbocycles. The van der Waals surface area contributed by atoms with Crippen LogP contribution in [0.1, 0.15) is 91.3 Å². The molecule has 2 aliphatic rings. The van der Waals surface area contributed by atoms with Crippen LogP contribution in [0.15, 0.2) is 72.3 Å². The van der Waals surface area contributed by atoms with Crippen LogP contribution in [0.2, 0.25) is 0 Å². The lowest BCUT2D eigenvalue weighted by Gasteiger charge is -2.30. The zero-order valence-corrected chi connectivity index (χ0v) is 24.2. The van der Waals surface area contributed by atoms with E-state index in [0.29, 0.717) is 26.1 Å². The first kappa shape index (κ1) is 30.7. The van der Waals surface area contributed by atoms with Crippen LogP contribution in [0, 0.1) is 5.92 Å². The molecule has 220 valence electrons. The van der Waals surface area contributed by atoms with Gasteiger partial charge in [-0.25, -0.2) is 4.79 Å². The number of rotatable bonds is 17. The number of benzene rings is 2. The Hall–Kier alpha value is -3.22. The zero-order valence-electron chi connectivity index (χ0n) is 24.2. The normalized spacial score (nSPS) is 16.2. The predicted octanol–water partition coefficient (Wildman–Crippen LogP) is 7.43. The Morgan fingerprint density at radius 1 is 0.927 bits per heavy atom. The Balaban J connectivity index is 1.40. The average molecular weight is 560 g/mol. The molecule has 2 aliphatic carbocycles. The van der Waals surface area contributed by atoms with E-state index < -0.39 is 11.9 Å². The Morgan fingerprint density at radius 3 is 2.29 bits per heavy atom. The molecule has 0 aliphatic heterocycles. The average Bonchev–Trinajstić information content (AvgIpc) is 3.51. The van der Waals surface area contributed by atoms with Gasteiger partial charge in [0.25, 0.3) is 0 Å². The maximum atomic E-state index is 11.3. The Morgan fingerprint density at radius 2 is 1.63 bits per heavy atom. The number of allylic oxidation sites excluding steroid dienone is 3. The molecule has 41 heavy (non-hydrogen) atoms. The van der Waals surface area contributed by atoms with E-state index in [1.807, 2.05) is 12.1 Å². The van der Waals surface area contributed by atoms with Gasteiger partial charge in [-0.05, 0) is 85.4 Å². The molecule has 1 fully saturated rings. The second-order valence-corrected chi connectivity index (χ2v) is 11.6. The standard InChI is InChI=1S/C35H45NO5/c37-34(38)12-6-7-23-36(24-29-19-21-32(22-20-29)35(39)40)25-33(31-10-2-1-3-11-31)41-26-30-17-15-28(16-18-30)14-13-27-8-4-5-9-27/h1-2,10,15-22,27,33H,3-9,11-14,23-26H2,(H,37,38)(H,39,40)/t33-/m0/s1. The lowest BCUT2D eigenvalue weighted by molar-refractivity contribution is -0.137. The van der Waals surface area contributed by atoms with Crippen LogP contribution in [-0.4, -0.2) is 46.2 Å². The molecule has 0 saturated heterocycles. The summed E-state index contributed by atoms with van der Waals surface area (Å²) in [5.74, 6) is -0.806. The van der Waals surface area contributed by atoms with Crippen LogP contribution >= 0.6 is 0 Å². The second kappa shape index (κ2) is 16.3. The zero-order chi connectivity index (χ0) is 28.9. The van der Waals surface area contributed by atoms with E-state index >= 15 is 0 Å². The highest BCUT2D eigenvalue weighted by Gasteiger charge is 2.21. The number of hydrogen-bond acceptors (Lipinski definition) is 4. The summed E-state index contributed by atoms with van der Waals surface area (Å²) in [6.07, 6.45) is 17.9. The highest BCUT2D eigenvalue weighted by atomic mass is 16.5. The number of ether oxygens (including phenoxy) is 1. The number of carboxylic acid groups (broad SMARTS) is 2. The highest BCUT2D eigenvalue weighted by molar-refractivity contribution is 5.87. The van der Waals surface area contributed by atoms with Gasteiger partial charge in [-0.2, -0.15) is 0 Å². The molecule has 0 radical (unpaired) electrons. The van der Waals surface area contributed by atoms with E-state index in [1.165, 1.54) is 48.8 Å². The molecule has 6 heteroatoms. The monoisotopic (exact) mass is 559 g/mol. The number of aromatic carboxylic acids is 1. The Kier molecular flexibility index (Phi) is 12.2. The molecular formula is C35H45NO5. The lowest BCUT2D eigenvalue weighted by atomic mass is 9.97. The third-order valence-corrected chi connectivity index (χ3v) is 8.40. The summed E-state index contributed by atoms with van der Waals surface area (Å²) in [5, 5.41) is 18.3. The van der Waals surface area contributed by atoms with Crippen molar-refractivity contribution in [1.82, 2.24) is 4.90 Å². The maximum Gasteiger partial charge on any atom is 0.335 e. The minimum Gasteiger partial charge on any atom is -0.481 e. The van der Waals surface area contributed by atoms with Crippen LogP contribution < -0.4 is 0 Å². The van der Waals surface area contributed by atoms with E-state index in [-0.39, 0.29) is 18.1 Å². The van der Waals surface area contributed by atoms with Crippen LogP contribution in [0.4, 0.5) is 0 Å². The maximum absolute atomic E-state index is 11.3. The number of aryl methyl sites for hydroxylation is 1. The molecule has 6 nitrogen and oxygen atoms in total. The first-order chi connectivity index (χ1) is 20.0. The van der Waals surface area contributed by atoms with Crippen LogP contribution in [0.5, 0.6) is 0 Å². The van der Waals surface area contributed by atoms with Crippen LogP contribution in [0.25, 0.3) is 0 Å². The van der Waals surface area contributed by atoms with Gasteiger partial charge in [0.15, 0.2) is 0 Å². The van der Waals surface area contributed by atoms with Gasteiger partial charge in [0.1, 0.15) is 0 Å². The number of unbranched alkanes of at least 4 members (excludes halogenated alkanes) is 1. The predicted molar refractivity (Wildman–Crippen MR) is 162 cm³/mol. The van der Waals surface area contributed by atoms with Crippen molar-refractivity contribution in [1.29, 1.82) is 0 Å². The third kappa shape index (κ3) is 10.6. The van der Waals surface area contributed by atoms with Crippen molar-refractivity contribution >= 4 is 11.9 Å². The van der Waals surface area contributed by atoms with Crippen molar-refractivity contribution in [3.63, 3.8) is 0 Å². The summed E-state index contributed by atoms with van der Waals surface area (Å²) < 4.78 is 6.60. The van der Waals surface area contributed by atoms with Crippen molar-refractivity contribution in [2.75, 3.05) is 13.1 Å². The lowest BCUT2D eigenvalue weighted by Crippen LogP contribution is -2.36. The number of carboxylic acids is 2. The number of carbonyl (C=O) groups is 2. The Bertz CT molecular complexity index is 1160. The van der Waals surface area contributed by atoms with Gasteiger partial charge in [-0.3, -0.25) is 9.69 Å². The summed E-state index contributed by atoms with van der Waals surface area (Å²) in [6, 6.07) is 15.9. The molecule has 1 atom stereocenters. The van der Waals surface area contributed by atoms with Gasteiger partial charge in [-0.15, -0.1) is 0 Å². The van der Waals surface area contributed by atoms with Crippen molar-refractivity contribution in [3.8, 4) is 0 Å². The molecule has 0 amide bonds. The smallest absolute Gasteiger partial charge is 0.335 e. The summed E-state index contributed by atoms with van der Waals surface area (Å²) in [6.45, 7) is 2.61. The van der Waals surface area contributed by atoms with Crippen molar-refractivity contribution in [2.45, 2.75) is 89.9 Å². The fourth-order valence-corrected chi connectivity index (χ4v) is 5.93.